The van der Waals surface area contributed by atoms with Gasteiger partial charge in [0.1, 0.15) is 0 Å². The molecular weight excluding hydrogens is 348 g/mol. The Morgan fingerprint density at radius 2 is 2.04 bits per heavy atom. The van der Waals surface area contributed by atoms with Crippen molar-refractivity contribution in [1.82, 2.24) is 14.5 Å². The van der Waals surface area contributed by atoms with Crippen molar-refractivity contribution in [1.29, 1.82) is 5.26 Å². The van der Waals surface area contributed by atoms with Gasteiger partial charge in [0.15, 0.2) is 0 Å². The zero-order valence-corrected chi connectivity index (χ0v) is 15.1. The Labute approximate surface area is 145 Å². The molecule has 0 amide bonds. The lowest BCUT2D eigenvalue weighted by Gasteiger charge is -2.18. The Hall–Kier alpha value is -1.89. The zero-order valence-electron chi connectivity index (χ0n) is 13.5. The van der Waals surface area contributed by atoms with E-state index in [-0.39, 0.29) is 10.8 Å². The summed E-state index contributed by atoms with van der Waals surface area (Å²) in [6, 6.07) is 8.50. The molecule has 0 saturated heterocycles. The van der Waals surface area contributed by atoms with E-state index in [1.807, 2.05) is 6.07 Å². The maximum Gasteiger partial charge on any atom is 0.276 e. The molecule has 1 aromatic carbocycles. The fourth-order valence-corrected chi connectivity index (χ4v) is 4.18. The van der Waals surface area contributed by atoms with Crippen LogP contribution in [0.15, 0.2) is 38.8 Å². The van der Waals surface area contributed by atoms with Crippen molar-refractivity contribution in [3.8, 4) is 17.5 Å². The lowest BCUT2D eigenvalue weighted by molar-refractivity contribution is 0.445. The Morgan fingerprint density at radius 1 is 1.29 bits per heavy atom. The molecule has 0 aliphatic heterocycles. The third-order valence-corrected chi connectivity index (χ3v) is 6.14. The molecule has 1 aromatic heterocycles. The SMILES string of the molecule is CCN(CC)S(=O)(=O)c1cccc(-c2nnc(SCCC#N)o2)c1. The van der Waals surface area contributed by atoms with Gasteiger partial charge >= 0.3 is 0 Å². The Balaban J connectivity index is 2.26. The highest BCUT2D eigenvalue weighted by molar-refractivity contribution is 7.99. The molecule has 7 nitrogen and oxygen atoms in total. The van der Waals surface area contributed by atoms with Crippen LogP contribution in [0.2, 0.25) is 0 Å². The van der Waals surface area contributed by atoms with Crippen LogP contribution in [0.25, 0.3) is 11.5 Å². The average Bonchev–Trinajstić information content (AvgIpc) is 3.05. The van der Waals surface area contributed by atoms with Crippen molar-refractivity contribution >= 4 is 21.8 Å². The van der Waals surface area contributed by atoms with E-state index >= 15 is 0 Å². The van der Waals surface area contributed by atoms with Crippen LogP contribution in [-0.4, -0.2) is 41.8 Å². The standard InChI is InChI=1S/C15H18N4O3S2/c1-3-19(4-2)24(20,21)13-8-5-7-12(11-13)14-17-18-15(22-14)23-10-6-9-16/h5,7-8,11H,3-4,6,10H2,1-2H3. The molecule has 0 atom stereocenters. The third kappa shape index (κ3) is 4.14. The van der Waals surface area contributed by atoms with Gasteiger partial charge in [0.25, 0.3) is 5.22 Å². The van der Waals surface area contributed by atoms with Gasteiger partial charge in [-0.05, 0) is 18.2 Å². The molecule has 2 rings (SSSR count). The largest absolute Gasteiger partial charge is 0.411 e. The van der Waals surface area contributed by atoms with Crippen molar-refractivity contribution in [2.45, 2.75) is 30.4 Å². The van der Waals surface area contributed by atoms with Crippen LogP contribution in [0, 0.1) is 11.3 Å². The minimum Gasteiger partial charge on any atom is -0.411 e. The first-order valence-electron chi connectivity index (χ1n) is 7.46. The molecule has 0 aliphatic rings. The van der Waals surface area contributed by atoms with E-state index in [0.29, 0.717) is 36.0 Å². The van der Waals surface area contributed by atoms with Gasteiger partial charge in [0.05, 0.1) is 11.0 Å². The Morgan fingerprint density at radius 3 is 2.71 bits per heavy atom. The van der Waals surface area contributed by atoms with Gasteiger partial charge in [-0.25, -0.2) is 8.42 Å². The number of sulfonamides is 1. The van der Waals surface area contributed by atoms with Crippen molar-refractivity contribution in [2.75, 3.05) is 18.8 Å². The van der Waals surface area contributed by atoms with Gasteiger partial charge in [-0.2, -0.15) is 9.57 Å². The van der Waals surface area contributed by atoms with E-state index in [1.165, 1.54) is 22.1 Å². The molecule has 0 radical (unpaired) electrons. The molecule has 24 heavy (non-hydrogen) atoms. The summed E-state index contributed by atoms with van der Waals surface area (Å²) in [6.07, 6.45) is 0.389. The van der Waals surface area contributed by atoms with Crippen molar-refractivity contribution in [3.05, 3.63) is 24.3 Å². The van der Waals surface area contributed by atoms with Crippen LogP contribution in [0.3, 0.4) is 0 Å². The molecule has 1 heterocycles. The van der Waals surface area contributed by atoms with E-state index in [2.05, 4.69) is 10.2 Å². The minimum atomic E-state index is -3.54. The monoisotopic (exact) mass is 366 g/mol. The number of hydrogen-bond donors (Lipinski definition) is 0. The summed E-state index contributed by atoms with van der Waals surface area (Å²) >= 11 is 1.29. The topological polar surface area (TPSA) is 100 Å². The second-order valence-electron chi connectivity index (χ2n) is 4.75. The number of nitrogens with zero attached hydrogens (tertiary/aromatic N) is 4. The quantitative estimate of drug-likeness (QED) is 0.523. The molecule has 0 aliphatic carbocycles. The van der Waals surface area contributed by atoms with Crippen LogP contribution in [0.4, 0.5) is 0 Å². The molecular formula is C15H18N4O3S2. The maximum atomic E-state index is 12.6. The molecule has 0 bridgehead atoms. The zero-order chi connectivity index (χ0) is 17.6. The van der Waals surface area contributed by atoms with Gasteiger partial charge in [0, 0.05) is 30.8 Å². The van der Waals surface area contributed by atoms with Gasteiger partial charge in [-0.1, -0.05) is 31.7 Å². The van der Waals surface area contributed by atoms with Crippen LogP contribution >= 0.6 is 11.8 Å². The smallest absolute Gasteiger partial charge is 0.276 e. The fraction of sp³-hybridized carbons (Fsp3) is 0.400. The summed E-state index contributed by atoms with van der Waals surface area (Å²) in [7, 11) is -3.54. The second kappa shape index (κ2) is 8.28. The van der Waals surface area contributed by atoms with Gasteiger partial charge in [-0.15, -0.1) is 10.2 Å². The summed E-state index contributed by atoms with van der Waals surface area (Å²) < 4.78 is 32.1. The number of thioether (sulfide) groups is 1. The van der Waals surface area contributed by atoms with E-state index in [0.717, 1.165) is 0 Å². The lowest BCUT2D eigenvalue weighted by atomic mass is 10.2. The highest BCUT2D eigenvalue weighted by Crippen LogP contribution is 2.26. The lowest BCUT2D eigenvalue weighted by Crippen LogP contribution is -2.30. The first-order valence-corrected chi connectivity index (χ1v) is 9.89. The van der Waals surface area contributed by atoms with Crippen LogP contribution in [0.5, 0.6) is 0 Å². The number of nitriles is 1. The average molecular weight is 366 g/mol. The van der Waals surface area contributed by atoms with Crippen molar-refractivity contribution in [3.63, 3.8) is 0 Å². The molecule has 0 fully saturated rings. The van der Waals surface area contributed by atoms with Gasteiger partial charge < -0.3 is 4.42 Å². The van der Waals surface area contributed by atoms with Crippen LogP contribution in [-0.2, 0) is 10.0 Å². The van der Waals surface area contributed by atoms with Crippen LogP contribution in [0.1, 0.15) is 20.3 Å². The second-order valence-corrected chi connectivity index (χ2v) is 7.73. The third-order valence-electron chi connectivity index (χ3n) is 3.27. The van der Waals surface area contributed by atoms with E-state index in [1.54, 1.807) is 32.0 Å². The van der Waals surface area contributed by atoms with Gasteiger partial charge in [-0.3, -0.25) is 0 Å². The fourth-order valence-electron chi connectivity index (χ4n) is 2.07. The highest BCUT2D eigenvalue weighted by atomic mass is 32.2. The number of aromatic nitrogens is 2. The Bertz CT molecular complexity index is 823. The maximum absolute atomic E-state index is 12.6. The summed E-state index contributed by atoms with van der Waals surface area (Å²) in [6.45, 7) is 4.41. The van der Waals surface area contributed by atoms with Crippen LogP contribution < -0.4 is 0 Å². The summed E-state index contributed by atoms with van der Waals surface area (Å²) in [5.41, 5.74) is 0.544. The first kappa shape index (κ1) is 18.4. The minimum absolute atomic E-state index is 0.195. The van der Waals surface area contributed by atoms with Crippen molar-refractivity contribution in [2.24, 2.45) is 0 Å². The molecule has 2 aromatic rings. The first-order chi connectivity index (χ1) is 11.5. The van der Waals surface area contributed by atoms with Gasteiger partial charge in [0.2, 0.25) is 15.9 Å². The van der Waals surface area contributed by atoms with E-state index in [4.69, 9.17) is 9.68 Å². The molecule has 0 saturated carbocycles. The number of hydrogen-bond acceptors (Lipinski definition) is 7. The molecule has 9 heteroatoms. The molecule has 0 unspecified atom stereocenters. The Kier molecular flexibility index (Phi) is 6.36. The van der Waals surface area contributed by atoms with Crippen molar-refractivity contribution < 1.29 is 12.8 Å². The summed E-state index contributed by atoms with van der Waals surface area (Å²) in [5, 5.41) is 16.7. The molecule has 0 spiro atoms. The predicted octanol–water partition coefficient (Wildman–Crippen LogP) is 2.77. The summed E-state index contributed by atoms with van der Waals surface area (Å²) in [4.78, 5) is 0.195. The number of benzene rings is 1. The van der Waals surface area contributed by atoms with E-state index < -0.39 is 10.0 Å². The molecule has 0 N–H and O–H groups in total. The summed E-state index contributed by atoms with van der Waals surface area (Å²) in [5.74, 6) is 0.820. The normalized spacial score (nSPS) is 11.6. The number of rotatable bonds is 8. The molecule has 128 valence electrons. The predicted molar refractivity (Wildman–Crippen MR) is 90.8 cm³/mol. The van der Waals surface area contributed by atoms with E-state index in [9.17, 15) is 8.42 Å². The highest BCUT2D eigenvalue weighted by Gasteiger charge is 2.22.